The van der Waals surface area contributed by atoms with Gasteiger partial charge in [-0.3, -0.25) is 0 Å². The van der Waals surface area contributed by atoms with Gasteiger partial charge in [-0.25, -0.2) is 4.99 Å². The highest BCUT2D eigenvalue weighted by atomic mass is 16.5. The molecule has 1 aliphatic rings. The maximum Gasteiger partial charge on any atom is 0.193 e. The van der Waals surface area contributed by atoms with Crippen molar-refractivity contribution >= 4 is 11.6 Å². The van der Waals surface area contributed by atoms with Gasteiger partial charge in [0, 0.05) is 5.69 Å². The van der Waals surface area contributed by atoms with Crippen LogP contribution in [-0.4, -0.2) is 17.7 Å². The fourth-order valence-corrected chi connectivity index (χ4v) is 3.18. The number of benzene rings is 2. The van der Waals surface area contributed by atoms with Crippen molar-refractivity contribution in [3.05, 3.63) is 53.1 Å². The van der Waals surface area contributed by atoms with Crippen molar-refractivity contribution in [2.24, 2.45) is 10.7 Å². The molecule has 0 atom stereocenters. The first-order valence-corrected chi connectivity index (χ1v) is 8.79. The van der Waals surface area contributed by atoms with Crippen LogP contribution in [0.5, 0.6) is 11.5 Å². The van der Waals surface area contributed by atoms with E-state index in [1.165, 1.54) is 24.0 Å². The Bertz CT molecular complexity index is 772. The molecule has 0 unspecified atom stereocenters. The van der Waals surface area contributed by atoms with Crippen LogP contribution in [-0.2, 0) is 19.4 Å². The molecule has 0 aliphatic heterocycles. The molecule has 0 radical (unpaired) electrons. The van der Waals surface area contributed by atoms with Crippen molar-refractivity contribution < 1.29 is 9.84 Å². The minimum atomic E-state index is 0.136. The summed E-state index contributed by atoms with van der Waals surface area (Å²) in [6.07, 6.45) is 4.69. The van der Waals surface area contributed by atoms with Gasteiger partial charge in [-0.15, -0.1) is 0 Å². The van der Waals surface area contributed by atoms with Crippen LogP contribution in [0, 0.1) is 0 Å². The molecular weight excluding hydrogens is 314 g/mol. The second-order valence-corrected chi connectivity index (χ2v) is 6.21. The highest BCUT2D eigenvalue weighted by Crippen LogP contribution is 2.28. The number of rotatable bonds is 5. The molecule has 2 aromatic rings. The predicted octanol–water partition coefficient (Wildman–Crippen LogP) is 3.60. The van der Waals surface area contributed by atoms with Crippen LogP contribution < -0.4 is 15.8 Å². The Morgan fingerprint density at radius 2 is 2.08 bits per heavy atom. The number of fused-ring (bicyclic) bond motifs is 1. The van der Waals surface area contributed by atoms with E-state index in [1.807, 2.05) is 13.0 Å². The average molecular weight is 339 g/mol. The van der Waals surface area contributed by atoms with Crippen molar-refractivity contribution in [3.63, 3.8) is 0 Å². The van der Waals surface area contributed by atoms with Crippen molar-refractivity contribution in [2.45, 2.75) is 39.2 Å². The van der Waals surface area contributed by atoms with Crippen LogP contribution in [0.25, 0.3) is 0 Å². The molecule has 4 N–H and O–H groups in total. The molecule has 0 spiro atoms. The minimum Gasteiger partial charge on any atom is -0.504 e. The number of aromatic hydroxyl groups is 1. The summed E-state index contributed by atoms with van der Waals surface area (Å²) < 4.78 is 5.40. The number of nitrogens with two attached hydrogens (primary N) is 1. The minimum absolute atomic E-state index is 0.136. The van der Waals surface area contributed by atoms with E-state index in [2.05, 4.69) is 28.5 Å². The molecular formula is C20H25N3O2. The predicted molar refractivity (Wildman–Crippen MR) is 101 cm³/mol. The van der Waals surface area contributed by atoms with Gasteiger partial charge in [-0.1, -0.05) is 18.2 Å². The molecule has 0 saturated carbocycles. The van der Waals surface area contributed by atoms with Gasteiger partial charge in [-0.05, 0) is 67.5 Å². The van der Waals surface area contributed by atoms with E-state index < -0.39 is 0 Å². The molecule has 0 heterocycles. The lowest BCUT2D eigenvalue weighted by atomic mass is 9.90. The largest absolute Gasteiger partial charge is 0.504 e. The first-order chi connectivity index (χ1) is 12.2. The summed E-state index contributed by atoms with van der Waals surface area (Å²) >= 11 is 0. The van der Waals surface area contributed by atoms with Crippen molar-refractivity contribution in [1.29, 1.82) is 0 Å². The molecule has 0 bridgehead atoms. The molecule has 3 rings (SSSR count). The maximum absolute atomic E-state index is 9.75. The van der Waals surface area contributed by atoms with Crippen molar-refractivity contribution in [2.75, 3.05) is 11.9 Å². The number of hydrogen-bond donors (Lipinski definition) is 3. The molecule has 5 heteroatoms. The normalized spacial score (nSPS) is 14.0. The summed E-state index contributed by atoms with van der Waals surface area (Å²) in [6, 6.07) is 11.5. The molecule has 2 aromatic carbocycles. The van der Waals surface area contributed by atoms with Gasteiger partial charge in [0.25, 0.3) is 0 Å². The van der Waals surface area contributed by atoms with Gasteiger partial charge in [0.15, 0.2) is 17.5 Å². The smallest absolute Gasteiger partial charge is 0.193 e. The van der Waals surface area contributed by atoms with Crippen molar-refractivity contribution in [1.82, 2.24) is 0 Å². The van der Waals surface area contributed by atoms with Crippen LogP contribution in [0.15, 0.2) is 41.4 Å². The Morgan fingerprint density at radius 3 is 2.92 bits per heavy atom. The third-order valence-electron chi connectivity index (χ3n) is 4.41. The fourth-order valence-electron chi connectivity index (χ4n) is 3.18. The number of phenols is 1. The SMILES string of the molecule is CCOc1cc(CN=C(N)Nc2cccc3c2CCCC3)ccc1O. The molecule has 0 saturated heterocycles. The van der Waals surface area contributed by atoms with E-state index in [1.54, 1.807) is 12.1 Å². The van der Waals surface area contributed by atoms with Gasteiger partial charge >= 0.3 is 0 Å². The van der Waals surface area contributed by atoms with Gasteiger partial charge in [0.1, 0.15) is 0 Å². The number of ether oxygens (including phenoxy) is 1. The molecule has 0 amide bonds. The molecule has 25 heavy (non-hydrogen) atoms. The second kappa shape index (κ2) is 7.92. The standard InChI is InChI=1S/C20H25N3O2/c1-2-25-19-12-14(10-11-18(19)24)13-22-20(21)23-17-9-5-7-15-6-3-4-8-16(15)17/h5,7,9-12,24H,2-4,6,8,13H2,1H3,(H3,21,22,23). The summed E-state index contributed by atoms with van der Waals surface area (Å²) in [7, 11) is 0. The van der Waals surface area contributed by atoms with E-state index in [0.29, 0.717) is 24.9 Å². The van der Waals surface area contributed by atoms with Gasteiger partial charge < -0.3 is 20.9 Å². The van der Waals surface area contributed by atoms with Crippen molar-refractivity contribution in [3.8, 4) is 11.5 Å². The van der Waals surface area contributed by atoms with E-state index >= 15 is 0 Å². The van der Waals surface area contributed by atoms with Crippen LogP contribution in [0.2, 0.25) is 0 Å². The lowest BCUT2D eigenvalue weighted by molar-refractivity contribution is 0.318. The number of nitrogens with one attached hydrogen (secondary N) is 1. The van der Waals surface area contributed by atoms with E-state index in [4.69, 9.17) is 10.5 Å². The molecule has 1 aliphatic carbocycles. The zero-order valence-corrected chi connectivity index (χ0v) is 14.6. The highest BCUT2D eigenvalue weighted by Gasteiger charge is 2.13. The Balaban J connectivity index is 1.70. The quantitative estimate of drug-likeness (QED) is 0.574. The number of aliphatic imine (C=N–C) groups is 1. The van der Waals surface area contributed by atoms with Crippen LogP contribution in [0.4, 0.5) is 5.69 Å². The number of anilines is 1. The molecule has 0 fully saturated rings. The van der Waals surface area contributed by atoms with Gasteiger partial charge in [0.05, 0.1) is 13.2 Å². The van der Waals surface area contributed by atoms with Gasteiger partial charge in [-0.2, -0.15) is 0 Å². The Labute approximate surface area is 148 Å². The maximum atomic E-state index is 9.75. The Kier molecular flexibility index (Phi) is 5.43. The number of guanidine groups is 1. The van der Waals surface area contributed by atoms with Crippen LogP contribution in [0.3, 0.4) is 0 Å². The van der Waals surface area contributed by atoms with Gasteiger partial charge in [0.2, 0.25) is 0 Å². The third-order valence-corrected chi connectivity index (χ3v) is 4.41. The Morgan fingerprint density at radius 1 is 1.24 bits per heavy atom. The summed E-state index contributed by atoms with van der Waals surface area (Å²) in [5.41, 5.74) is 10.8. The number of nitrogens with zero attached hydrogens (tertiary/aromatic N) is 1. The molecule has 0 aromatic heterocycles. The lowest BCUT2D eigenvalue weighted by Gasteiger charge is -2.19. The lowest BCUT2D eigenvalue weighted by Crippen LogP contribution is -2.24. The zero-order chi connectivity index (χ0) is 17.6. The summed E-state index contributed by atoms with van der Waals surface area (Å²) in [5.74, 6) is 1.00. The second-order valence-electron chi connectivity index (χ2n) is 6.21. The first-order valence-electron chi connectivity index (χ1n) is 8.79. The summed E-state index contributed by atoms with van der Waals surface area (Å²) in [4.78, 5) is 4.42. The first kappa shape index (κ1) is 17.1. The zero-order valence-electron chi connectivity index (χ0n) is 14.6. The fraction of sp³-hybridized carbons (Fsp3) is 0.350. The Hall–Kier alpha value is -2.69. The molecule has 5 nitrogen and oxygen atoms in total. The van der Waals surface area contributed by atoms with Crippen LogP contribution in [0.1, 0.15) is 36.5 Å². The summed E-state index contributed by atoms with van der Waals surface area (Å²) in [6.45, 7) is 2.81. The highest BCUT2D eigenvalue weighted by molar-refractivity contribution is 5.93. The third kappa shape index (κ3) is 4.24. The monoisotopic (exact) mass is 339 g/mol. The van der Waals surface area contributed by atoms with E-state index in [9.17, 15) is 5.11 Å². The topological polar surface area (TPSA) is 79.9 Å². The molecule has 132 valence electrons. The number of hydrogen-bond acceptors (Lipinski definition) is 3. The number of aryl methyl sites for hydroxylation is 1. The average Bonchev–Trinajstić information content (AvgIpc) is 2.63. The number of phenolic OH excluding ortho intramolecular Hbond substituents is 1. The van der Waals surface area contributed by atoms with Crippen LogP contribution >= 0.6 is 0 Å². The van der Waals surface area contributed by atoms with E-state index in [0.717, 1.165) is 24.1 Å². The van der Waals surface area contributed by atoms with E-state index in [-0.39, 0.29) is 5.75 Å². The summed E-state index contributed by atoms with van der Waals surface area (Å²) in [5, 5.41) is 13.0.